The molecule has 8 heteroatoms. The van der Waals surface area contributed by atoms with Crippen LogP contribution in [0.4, 0.5) is 11.4 Å². The Bertz CT molecular complexity index is 946. The number of hydrogen-bond acceptors (Lipinski definition) is 4. The second kappa shape index (κ2) is 7.43. The van der Waals surface area contributed by atoms with E-state index in [-0.39, 0.29) is 18.2 Å². The number of anilines is 2. The first kappa shape index (κ1) is 19.0. The number of halogens is 1. The molecule has 138 valence electrons. The fraction of sp³-hybridized carbons (Fsp3) is 0.278. The van der Waals surface area contributed by atoms with Gasteiger partial charge in [0.15, 0.2) is 6.10 Å². The van der Waals surface area contributed by atoms with Crippen LogP contribution in [0.3, 0.4) is 0 Å². The van der Waals surface area contributed by atoms with E-state index in [4.69, 9.17) is 4.74 Å². The van der Waals surface area contributed by atoms with Gasteiger partial charge in [-0.25, -0.2) is 8.42 Å². The lowest BCUT2D eigenvalue weighted by Crippen LogP contribution is -2.49. The van der Waals surface area contributed by atoms with E-state index >= 15 is 0 Å². The van der Waals surface area contributed by atoms with E-state index in [1.807, 2.05) is 25.1 Å². The number of fused-ring (bicyclic) bond motifs is 1. The van der Waals surface area contributed by atoms with Crippen LogP contribution in [-0.2, 0) is 14.8 Å². The Balaban J connectivity index is 1.88. The number of ether oxygens (including phenoxy) is 1. The number of amides is 1. The summed E-state index contributed by atoms with van der Waals surface area (Å²) in [5.74, 6) is -0.0401. The molecule has 0 radical (unpaired) electrons. The number of carbonyl (C=O) groups is 1. The van der Waals surface area contributed by atoms with E-state index in [1.165, 1.54) is 4.31 Å². The summed E-state index contributed by atoms with van der Waals surface area (Å²) in [4.78, 5) is 12.7. The summed E-state index contributed by atoms with van der Waals surface area (Å²) >= 11 is 2.20. The highest BCUT2D eigenvalue weighted by molar-refractivity contribution is 14.1. The van der Waals surface area contributed by atoms with Gasteiger partial charge in [0.1, 0.15) is 5.75 Å². The highest BCUT2D eigenvalue weighted by Crippen LogP contribution is 2.35. The average molecular weight is 486 g/mol. The Morgan fingerprint density at radius 1 is 1.31 bits per heavy atom. The van der Waals surface area contributed by atoms with Gasteiger partial charge in [-0.05, 0) is 72.3 Å². The summed E-state index contributed by atoms with van der Waals surface area (Å²) in [6, 6.07) is 12.5. The van der Waals surface area contributed by atoms with Crippen LogP contribution in [0, 0.1) is 10.5 Å². The van der Waals surface area contributed by atoms with Crippen molar-refractivity contribution in [3.05, 3.63) is 51.6 Å². The van der Waals surface area contributed by atoms with Crippen molar-refractivity contribution in [1.29, 1.82) is 0 Å². The maximum atomic E-state index is 12.7. The standard InChI is InChI=1S/C18H19IN2O4S/c1-3-26(23,24)21-11-17(25-16-7-5-4-6-15(16)21)18(22)20-14-9-8-13(19)10-12(14)2/h4-10,17H,3,11H2,1-2H3,(H,20,22). The number of nitrogens with one attached hydrogen (secondary N) is 1. The van der Waals surface area contributed by atoms with E-state index in [2.05, 4.69) is 27.9 Å². The van der Waals surface area contributed by atoms with Crippen molar-refractivity contribution < 1.29 is 17.9 Å². The minimum absolute atomic E-state index is 0.0497. The SMILES string of the molecule is CCS(=O)(=O)N1CC(C(=O)Nc2ccc(I)cc2C)Oc2ccccc21. The Morgan fingerprint density at radius 2 is 2.04 bits per heavy atom. The summed E-state index contributed by atoms with van der Waals surface area (Å²) in [5, 5.41) is 2.84. The molecule has 0 fully saturated rings. The zero-order chi connectivity index (χ0) is 18.9. The minimum atomic E-state index is -3.52. The molecule has 1 unspecified atom stereocenters. The van der Waals surface area contributed by atoms with Crippen LogP contribution in [0.15, 0.2) is 42.5 Å². The van der Waals surface area contributed by atoms with Crippen LogP contribution < -0.4 is 14.4 Å². The number of nitrogens with zero attached hydrogens (tertiary/aromatic N) is 1. The molecule has 0 aromatic heterocycles. The Labute approximate surface area is 166 Å². The molecule has 3 rings (SSSR count). The van der Waals surface area contributed by atoms with Crippen LogP contribution in [-0.4, -0.2) is 32.7 Å². The lowest BCUT2D eigenvalue weighted by Gasteiger charge is -2.34. The Hall–Kier alpha value is -1.81. The van der Waals surface area contributed by atoms with Crippen molar-refractivity contribution in [1.82, 2.24) is 0 Å². The molecule has 26 heavy (non-hydrogen) atoms. The predicted molar refractivity (Wildman–Crippen MR) is 110 cm³/mol. The van der Waals surface area contributed by atoms with Crippen molar-refractivity contribution in [2.24, 2.45) is 0 Å². The summed E-state index contributed by atoms with van der Waals surface area (Å²) in [5.41, 5.74) is 2.08. The Kier molecular flexibility index (Phi) is 5.42. The summed E-state index contributed by atoms with van der Waals surface area (Å²) in [6.07, 6.45) is -0.926. The molecule has 1 atom stereocenters. The third-order valence-electron chi connectivity index (χ3n) is 4.17. The van der Waals surface area contributed by atoms with Crippen LogP contribution >= 0.6 is 22.6 Å². The van der Waals surface area contributed by atoms with Gasteiger partial charge in [0.05, 0.1) is 18.0 Å². The third-order valence-corrected chi connectivity index (χ3v) is 6.59. The second-order valence-electron chi connectivity index (χ2n) is 5.95. The van der Waals surface area contributed by atoms with Gasteiger partial charge in [0, 0.05) is 9.26 Å². The number of benzene rings is 2. The topological polar surface area (TPSA) is 75.7 Å². The molecule has 1 N–H and O–H groups in total. The molecule has 1 aliphatic heterocycles. The number of hydrogen-bond donors (Lipinski definition) is 1. The average Bonchev–Trinajstić information content (AvgIpc) is 2.63. The number of rotatable bonds is 4. The van der Waals surface area contributed by atoms with Crippen molar-refractivity contribution in [2.75, 3.05) is 21.9 Å². The van der Waals surface area contributed by atoms with E-state index < -0.39 is 16.1 Å². The third kappa shape index (κ3) is 3.80. The molecule has 0 saturated heterocycles. The van der Waals surface area contributed by atoms with E-state index in [9.17, 15) is 13.2 Å². The fourth-order valence-corrected chi connectivity index (χ4v) is 4.51. The number of carbonyl (C=O) groups excluding carboxylic acids is 1. The molecule has 1 aliphatic rings. The Morgan fingerprint density at radius 3 is 2.73 bits per heavy atom. The van der Waals surface area contributed by atoms with Crippen molar-refractivity contribution in [2.45, 2.75) is 20.0 Å². The highest BCUT2D eigenvalue weighted by atomic mass is 127. The van der Waals surface area contributed by atoms with E-state index in [0.717, 1.165) is 9.13 Å². The van der Waals surface area contributed by atoms with Crippen LogP contribution in [0.2, 0.25) is 0 Å². The normalized spacial score (nSPS) is 16.6. The van der Waals surface area contributed by atoms with E-state index in [0.29, 0.717) is 17.1 Å². The number of sulfonamides is 1. The molecular formula is C18H19IN2O4S. The van der Waals surface area contributed by atoms with Crippen LogP contribution in [0.25, 0.3) is 0 Å². The van der Waals surface area contributed by atoms with Gasteiger partial charge in [-0.2, -0.15) is 0 Å². The molecule has 0 aliphatic carbocycles. The molecule has 2 aromatic rings. The van der Waals surface area contributed by atoms with Gasteiger partial charge < -0.3 is 10.1 Å². The van der Waals surface area contributed by atoms with Gasteiger partial charge >= 0.3 is 0 Å². The number of aryl methyl sites for hydroxylation is 1. The molecule has 0 bridgehead atoms. The molecule has 2 aromatic carbocycles. The zero-order valence-electron chi connectivity index (χ0n) is 14.4. The maximum absolute atomic E-state index is 12.7. The summed E-state index contributed by atoms with van der Waals surface area (Å²) < 4.78 is 33.1. The van der Waals surface area contributed by atoms with Crippen molar-refractivity contribution >= 4 is 49.9 Å². The molecule has 1 amide bonds. The molecule has 1 heterocycles. The van der Waals surface area contributed by atoms with Gasteiger partial charge in [0.2, 0.25) is 10.0 Å². The smallest absolute Gasteiger partial charge is 0.267 e. The van der Waals surface area contributed by atoms with Gasteiger partial charge in [0.25, 0.3) is 5.91 Å². The van der Waals surface area contributed by atoms with Gasteiger partial charge in [-0.1, -0.05) is 12.1 Å². The summed E-state index contributed by atoms with van der Waals surface area (Å²) in [7, 11) is -3.52. The van der Waals surface area contributed by atoms with E-state index in [1.54, 1.807) is 31.2 Å². The van der Waals surface area contributed by atoms with Crippen molar-refractivity contribution in [3.8, 4) is 5.75 Å². The quantitative estimate of drug-likeness (QED) is 0.674. The monoisotopic (exact) mass is 486 g/mol. The largest absolute Gasteiger partial charge is 0.476 e. The first-order chi connectivity index (χ1) is 12.3. The molecular weight excluding hydrogens is 467 g/mol. The highest BCUT2D eigenvalue weighted by Gasteiger charge is 2.36. The van der Waals surface area contributed by atoms with Gasteiger partial charge in [-0.3, -0.25) is 9.10 Å². The zero-order valence-corrected chi connectivity index (χ0v) is 17.4. The maximum Gasteiger partial charge on any atom is 0.267 e. The minimum Gasteiger partial charge on any atom is -0.476 e. The molecule has 6 nitrogen and oxygen atoms in total. The van der Waals surface area contributed by atoms with Crippen LogP contribution in [0.5, 0.6) is 5.75 Å². The molecule has 0 spiro atoms. The van der Waals surface area contributed by atoms with Crippen LogP contribution in [0.1, 0.15) is 12.5 Å². The first-order valence-corrected chi connectivity index (χ1v) is 10.8. The number of para-hydroxylation sites is 2. The van der Waals surface area contributed by atoms with Gasteiger partial charge in [-0.15, -0.1) is 0 Å². The lowest BCUT2D eigenvalue weighted by molar-refractivity contribution is -0.122. The lowest BCUT2D eigenvalue weighted by atomic mass is 10.2. The molecule has 0 saturated carbocycles. The second-order valence-corrected chi connectivity index (χ2v) is 9.38. The van der Waals surface area contributed by atoms with Crippen molar-refractivity contribution in [3.63, 3.8) is 0 Å². The first-order valence-electron chi connectivity index (χ1n) is 8.15. The fourth-order valence-electron chi connectivity index (χ4n) is 2.74. The summed E-state index contributed by atoms with van der Waals surface area (Å²) in [6.45, 7) is 3.43. The predicted octanol–water partition coefficient (Wildman–Crippen LogP) is 3.16.